The predicted molar refractivity (Wildman–Crippen MR) is 140 cm³/mol. The summed E-state index contributed by atoms with van der Waals surface area (Å²) in [6.07, 6.45) is 0.791. The van der Waals surface area contributed by atoms with E-state index in [1.165, 1.54) is 13.6 Å². The van der Waals surface area contributed by atoms with Gasteiger partial charge in [-0.2, -0.15) is 0 Å². The molecule has 3 aromatic carbocycles. The Morgan fingerprint density at radius 2 is 1.56 bits per heavy atom. The Morgan fingerprint density at radius 1 is 0.917 bits per heavy atom. The zero-order chi connectivity index (χ0) is 25.2. The molecule has 0 aliphatic rings. The Hall–Kier alpha value is -4.46. The summed E-state index contributed by atoms with van der Waals surface area (Å²) in [5.41, 5.74) is 1.92. The van der Waals surface area contributed by atoms with Crippen molar-refractivity contribution in [1.82, 2.24) is 24.1 Å². The predicted octanol–water partition coefficient (Wildman–Crippen LogP) is 3.44. The van der Waals surface area contributed by atoms with Gasteiger partial charge in [-0.25, -0.2) is 13.9 Å². The van der Waals surface area contributed by atoms with Crippen molar-refractivity contribution in [1.29, 1.82) is 0 Å². The molecule has 0 aliphatic heterocycles. The number of hydrogen-bond donors (Lipinski definition) is 1. The van der Waals surface area contributed by atoms with Crippen molar-refractivity contribution >= 4 is 22.6 Å². The van der Waals surface area contributed by atoms with Crippen molar-refractivity contribution in [3.05, 3.63) is 116 Å². The minimum absolute atomic E-state index is 0.00318. The molecule has 0 saturated carbocycles. The number of carbonyl (C=O) groups excluding carboxylic acids is 1. The number of rotatable bonds is 7. The molecule has 8 nitrogen and oxygen atoms in total. The van der Waals surface area contributed by atoms with Crippen molar-refractivity contribution in [3.63, 3.8) is 0 Å². The van der Waals surface area contributed by atoms with Gasteiger partial charge in [-0.3, -0.25) is 14.2 Å². The van der Waals surface area contributed by atoms with E-state index in [1.807, 2.05) is 74.5 Å². The van der Waals surface area contributed by atoms with Crippen LogP contribution in [-0.2, 0) is 13.1 Å². The minimum Gasteiger partial charge on any atom is -0.350 e. The monoisotopic (exact) mass is 481 g/mol. The van der Waals surface area contributed by atoms with E-state index in [0.717, 1.165) is 17.5 Å². The molecule has 1 N–H and O–H groups in total. The van der Waals surface area contributed by atoms with Crippen LogP contribution >= 0.6 is 0 Å². The molecular weight excluding hydrogens is 454 g/mol. The summed E-state index contributed by atoms with van der Waals surface area (Å²) in [5, 5.41) is 7.87. The van der Waals surface area contributed by atoms with E-state index in [4.69, 9.17) is 0 Å². The zero-order valence-electron chi connectivity index (χ0n) is 20.2. The average Bonchev–Trinajstić information content (AvgIpc) is 3.22. The SMILES string of the molecule is CCC(C)NC(=O)c1ccc2c(=O)n(Cc3ccccc3)c3nn(Cc4ccccc4)c(=O)n3c2c1. The second-order valence-corrected chi connectivity index (χ2v) is 8.95. The van der Waals surface area contributed by atoms with Gasteiger partial charge in [0.05, 0.1) is 24.0 Å². The highest BCUT2D eigenvalue weighted by Crippen LogP contribution is 2.16. The van der Waals surface area contributed by atoms with Gasteiger partial charge in [-0.1, -0.05) is 67.6 Å². The van der Waals surface area contributed by atoms with Crippen LogP contribution < -0.4 is 16.6 Å². The van der Waals surface area contributed by atoms with Crippen LogP contribution in [-0.4, -0.2) is 30.7 Å². The molecular formula is C28H27N5O3. The molecule has 2 heterocycles. The van der Waals surface area contributed by atoms with Crippen molar-refractivity contribution < 1.29 is 4.79 Å². The smallest absolute Gasteiger partial charge is 0.350 e. The minimum atomic E-state index is -0.375. The number of fused-ring (bicyclic) bond motifs is 3. The normalized spacial score (nSPS) is 12.2. The first-order valence-electron chi connectivity index (χ1n) is 12.0. The van der Waals surface area contributed by atoms with E-state index in [9.17, 15) is 14.4 Å². The number of amides is 1. The number of aromatic nitrogens is 4. The highest BCUT2D eigenvalue weighted by atomic mass is 16.2. The third-order valence-electron chi connectivity index (χ3n) is 6.39. The molecule has 8 heteroatoms. The van der Waals surface area contributed by atoms with Crippen LogP contribution in [0.15, 0.2) is 88.5 Å². The summed E-state index contributed by atoms with van der Waals surface area (Å²) in [7, 11) is 0. The second-order valence-electron chi connectivity index (χ2n) is 8.95. The highest BCUT2D eigenvalue weighted by Gasteiger charge is 2.20. The van der Waals surface area contributed by atoms with E-state index in [0.29, 0.717) is 16.5 Å². The molecule has 5 rings (SSSR count). The largest absolute Gasteiger partial charge is 0.352 e. The lowest BCUT2D eigenvalue weighted by molar-refractivity contribution is 0.0939. The van der Waals surface area contributed by atoms with Gasteiger partial charge >= 0.3 is 5.69 Å². The van der Waals surface area contributed by atoms with E-state index >= 15 is 0 Å². The molecule has 36 heavy (non-hydrogen) atoms. The fourth-order valence-corrected chi connectivity index (χ4v) is 4.23. The standard InChI is InChI=1S/C28H27N5O3/c1-3-19(2)29-25(34)22-14-15-23-24(16-22)33-27(31(26(23)35)17-20-10-6-4-7-11-20)30-32(28(33)36)18-21-12-8-5-9-13-21/h4-16,19H,3,17-18H2,1-2H3,(H,29,34). The number of nitrogens with zero attached hydrogens (tertiary/aromatic N) is 4. The third kappa shape index (κ3) is 4.33. The van der Waals surface area contributed by atoms with Crippen molar-refractivity contribution in [3.8, 4) is 0 Å². The molecule has 182 valence electrons. The van der Waals surface area contributed by atoms with Crippen LogP contribution in [0.3, 0.4) is 0 Å². The quantitative estimate of drug-likeness (QED) is 0.386. The van der Waals surface area contributed by atoms with Gasteiger partial charge in [0.1, 0.15) is 0 Å². The van der Waals surface area contributed by atoms with Crippen LogP contribution in [0.1, 0.15) is 41.8 Å². The van der Waals surface area contributed by atoms with Crippen LogP contribution in [0.4, 0.5) is 0 Å². The molecule has 1 atom stereocenters. The molecule has 0 spiro atoms. The molecule has 1 amide bonds. The molecule has 0 saturated heterocycles. The zero-order valence-corrected chi connectivity index (χ0v) is 20.2. The number of benzene rings is 3. The van der Waals surface area contributed by atoms with E-state index in [2.05, 4.69) is 10.4 Å². The summed E-state index contributed by atoms with van der Waals surface area (Å²) in [4.78, 5) is 40.1. The topological polar surface area (TPSA) is 90.4 Å². The molecule has 0 aliphatic carbocycles. The van der Waals surface area contributed by atoms with E-state index in [1.54, 1.807) is 18.2 Å². The Morgan fingerprint density at radius 3 is 2.19 bits per heavy atom. The average molecular weight is 482 g/mol. The van der Waals surface area contributed by atoms with E-state index < -0.39 is 0 Å². The van der Waals surface area contributed by atoms with Gasteiger partial charge in [0, 0.05) is 11.6 Å². The van der Waals surface area contributed by atoms with Gasteiger partial charge in [-0.05, 0) is 42.7 Å². The summed E-state index contributed by atoms with van der Waals surface area (Å²) < 4.78 is 4.30. The molecule has 5 aromatic rings. The Kier molecular flexibility index (Phi) is 6.25. The molecule has 0 bridgehead atoms. The van der Waals surface area contributed by atoms with Crippen LogP contribution in [0.2, 0.25) is 0 Å². The third-order valence-corrected chi connectivity index (χ3v) is 6.39. The second kappa shape index (κ2) is 9.65. The van der Waals surface area contributed by atoms with Gasteiger partial charge in [0.2, 0.25) is 5.78 Å². The summed E-state index contributed by atoms with van der Waals surface area (Å²) >= 11 is 0. The maximum absolute atomic E-state index is 13.6. The van der Waals surface area contributed by atoms with E-state index in [-0.39, 0.29) is 42.1 Å². The lowest BCUT2D eigenvalue weighted by atomic mass is 10.1. The highest BCUT2D eigenvalue weighted by molar-refractivity contribution is 5.98. The van der Waals surface area contributed by atoms with Crippen molar-refractivity contribution in [2.75, 3.05) is 0 Å². The molecule has 2 aromatic heterocycles. The van der Waals surface area contributed by atoms with Crippen molar-refractivity contribution in [2.24, 2.45) is 0 Å². The number of carbonyl (C=O) groups is 1. The first kappa shape index (κ1) is 23.3. The van der Waals surface area contributed by atoms with Crippen LogP contribution in [0, 0.1) is 0 Å². The summed E-state index contributed by atoms with van der Waals surface area (Å²) in [6.45, 7) is 4.44. The molecule has 0 fully saturated rings. The van der Waals surface area contributed by atoms with Crippen molar-refractivity contribution in [2.45, 2.75) is 39.4 Å². The van der Waals surface area contributed by atoms with Gasteiger partial charge in [0.15, 0.2) is 0 Å². The Balaban J connectivity index is 1.74. The summed E-state index contributed by atoms with van der Waals surface area (Å²) in [5.74, 6) is -0.0191. The molecule has 1 unspecified atom stereocenters. The summed E-state index contributed by atoms with van der Waals surface area (Å²) in [6, 6.07) is 24.0. The van der Waals surface area contributed by atoms with Crippen LogP contribution in [0.25, 0.3) is 16.7 Å². The van der Waals surface area contributed by atoms with Gasteiger partial charge < -0.3 is 5.32 Å². The molecule has 0 radical (unpaired) electrons. The first-order chi connectivity index (χ1) is 17.5. The fourth-order valence-electron chi connectivity index (χ4n) is 4.23. The Bertz CT molecular complexity index is 1670. The maximum Gasteiger partial charge on any atom is 0.352 e. The first-order valence-corrected chi connectivity index (χ1v) is 12.0. The van der Waals surface area contributed by atoms with Gasteiger partial charge in [0.25, 0.3) is 11.5 Å². The lowest BCUT2D eigenvalue weighted by Crippen LogP contribution is -2.32. The Labute approximate surface area is 207 Å². The maximum atomic E-state index is 13.6. The lowest BCUT2D eigenvalue weighted by Gasteiger charge is -2.13. The van der Waals surface area contributed by atoms with Crippen LogP contribution in [0.5, 0.6) is 0 Å². The van der Waals surface area contributed by atoms with Gasteiger partial charge in [-0.15, -0.1) is 5.10 Å². The fraction of sp³-hybridized carbons (Fsp3) is 0.214. The number of hydrogen-bond acceptors (Lipinski definition) is 4. The number of nitrogens with one attached hydrogen (secondary N) is 1.